The molecule has 4 aromatic rings. The van der Waals surface area contributed by atoms with Crippen LogP contribution in [-0.2, 0) is 0 Å². The molecule has 7 heteroatoms. The van der Waals surface area contributed by atoms with Crippen LogP contribution >= 0.6 is 11.6 Å². The van der Waals surface area contributed by atoms with Gasteiger partial charge in [0.1, 0.15) is 5.82 Å². The van der Waals surface area contributed by atoms with E-state index in [-0.39, 0.29) is 23.1 Å². The lowest BCUT2D eigenvalue weighted by atomic mass is 10.1. The van der Waals surface area contributed by atoms with Crippen molar-refractivity contribution in [3.8, 4) is 5.69 Å². The molecule has 0 fully saturated rings. The van der Waals surface area contributed by atoms with E-state index in [2.05, 4.69) is 0 Å². The molecule has 0 aliphatic rings. The maximum atomic E-state index is 13.7. The number of aromatic nitrogens is 2. The molecule has 0 saturated heterocycles. The van der Waals surface area contributed by atoms with Crippen LogP contribution in [0.1, 0.15) is 49.6 Å². The SMILES string of the molecule is CCC(c1nc2ccccc2c(=O)n1-c1cccc(Cl)c1)N(CC(C)C)C(=O)c1ccco1. The Morgan fingerprint density at radius 2 is 1.91 bits per heavy atom. The number of hydrogen-bond donors (Lipinski definition) is 0. The van der Waals surface area contributed by atoms with E-state index in [0.29, 0.717) is 40.4 Å². The van der Waals surface area contributed by atoms with Crippen LogP contribution in [0.25, 0.3) is 16.6 Å². The zero-order valence-corrected chi connectivity index (χ0v) is 19.6. The van der Waals surface area contributed by atoms with Gasteiger partial charge in [0.2, 0.25) is 0 Å². The fraction of sp³-hybridized carbons (Fsp3) is 0.269. The predicted molar refractivity (Wildman–Crippen MR) is 130 cm³/mol. The summed E-state index contributed by atoms with van der Waals surface area (Å²) in [4.78, 5) is 33.8. The van der Waals surface area contributed by atoms with E-state index in [1.54, 1.807) is 45.9 Å². The lowest BCUT2D eigenvalue weighted by Crippen LogP contribution is -2.40. The molecule has 1 atom stereocenters. The third kappa shape index (κ3) is 4.57. The van der Waals surface area contributed by atoms with Crippen molar-refractivity contribution in [2.24, 2.45) is 5.92 Å². The fourth-order valence-electron chi connectivity index (χ4n) is 4.07. The Hall–Kier alpha value is -3.38. The summed E-state index contributed by atoms with van der Waals surface area (Å²) < 4.78 is 6.99. The summed E-state index contributed by atoms with van der Waals surface area (Å²) >= 11 is 6.27. The third-order valence-electron chi connectivity index (χ3n) is 5.48. The third-order valence-corrected chi connectivity index (χ3v) is 5.72. The van der Waals surface area contributed by atoms with Crippen LogP contribution in [0.5, 0.6) is 0 Å². The van der Waals surface area contributed by atoms with Gasteiger partial charge in [-0.25, -0.2) is 4.98 Å². The largest absolute Gasteiger partial charge is 0.459 e. The van der Waals surface area contributed by atoms with Crippen LogP contribution in [0.15, 0.2) is 76.1 Å². The topological polar surface area (TPSA) is 68.3 Å². The van der Waals surface area contributed by atoms with E-state index in [9.17, 15) is 9.59 Å². The number of para-hydroxylation sites is 1. The van der Waals surface area contributed by atoms with Crippen LogP contribution in [0.4, 0.5) is 0 Å². The van der Waals surface area contributed by atoms with Crippen molar-refractivity contribution in [3.05, 3.63) is 93.9 Å². The van der Waals surface area contributed by atoms with Crippen LogP contribution in [0.3, 0.4) is 0 Å². The summed E-state index contributed by atoms with van der Waals surface area (Å²) in [6.07, 6.45) is 2.04. The zero-order valence-electron chi connectivity index (χ0n) is 18.9. The Labute approximate surface area is 197 Å². The summed E-state index contributed by atoms with van der Waals surface area (Å²) in [7, 11) is 0. The Morgan fingerprint density at radius 3 is 2.58 bits per heavy atom. The molecule has 0 N–H and O–H groups in total. The van der Waals surface area contributed by atoms with Crippen molar-refractivity contribution in [2.45, 2.75) is 33.2 Å². The molecule has 170 valence electrons. The first-order valence-electron chi connectivity index (χ1n) is 11.0. The van der Waals surface area contributed by atoms with Gasteiger partial charge in [0.25, 0.3) is 11.5 Å². The van der Waals surface area contributed by atoms with Gasteiger partial charge >= 0.3 is 0 Å². The number of nitrogens with zero attached hydrogens (tertiary/aromatic N) is 3. The fourth-order valence-corrected chi connectivity index (χ4v) is 4.25. The van der Waals surface area contributed by atoms with Gasteiger partial charge in [-0.05, 0) is 54.8 Å². The highest BCUT2D eigenvalue weighted by Gasteiger charge is 2.31. The number of carbonyl (C=O) groups excluding carboxylic acids is 1. The molecule has 33 heavy (non-hydrogen) atoms. The van der Waals surface area contributed by atoms with Gasteiger partial charge in [0.05, 0.1) is 28.9 Å². The number of fused-ring (bicyclic) bond motifs is 1. The molecule has 0 aliphatic heterocycles. The molecule has 1 amide bonds. The first-order valence-corrected chi connectivity index (χ1v) is 11.4. The van der Waals surface area contributed by atoms with E-state index >= 15 is 0 Å². The predicted octanol–water partition coefficient (Wildman–Crippen LogP) is 5.88. The van der Waals surface area contributed by atoms with Gasteiger partial charge in [-0.1, -0.05) is 50.6 Å². The first kappa shape index (κ1) is 22.8. The van der Waals surface area contributed by atoms with Crippen LogP contribution in [0.2, 0.25) is 5.02 Å². The lowest BCUT2D eigenvalue weighted by Gasteiger charge is -2.33. The summed E-state index contributed by atoms with van der Waals surface area (Å²) in [5.74, 6) is 0.709. The second-order valence-electron chi connectivity index (χ2n) is 8.36. The van der Waals surface area contributed by atoms with Crippen molar-refractivity contribution in [2.75, 3.05) is 6.54 Å². The molecule has 0 spiro atoms. The maximum Gasteiger partial charge on any atom is 0.290 e. The minimum absolute atomic E-state index is 0.199. The number of hydrogen-bond acceptors (Lipinski definition) is 4. The summed E-state index contributed by atoms with van der Waals surface area (Å²) in [5.41, 5.74) is 0.990. The highest BCUT2D eigenvalue weighted by atomic mass is 35.5. The first-order chi connectivity index (χ1) is 15.9. The van der Waals surface area contributed by atoms with Gasteiger partial charge in [-0.3, -0.25) is 14.2 Å². The van der Waals surface area contributed by atoms with E-state index in [1.165, 1.54) is 6.26 Å². The Bertz CT molecular complexity index is 1330. The molecular formula is C26H26ClN3O3. The van der Waals surface area contributed by atoms with Crippen molar-refractivity contribution in [1.82, 2.24) is 14.5 Å². The Morgan fingerprint density at radius 1 is 1.12 bits per heavy atom. The molecule has 0 radical (unpaired) electrons. The molecule has 0 saturated carbocycles. The number of halogens is 1. The highest BCUT2D eigenvalue weighted by Crippen LogP contribution is 2.29. The van der Waals surface area contributed by atoms with Gasteiger partial charge in [0, 0.05) is 11.6 Å². The number of amides is 1. The second kappa shape index (κ2) is 9.63. The van der Waals surface area contributed by atoms with Gasteiger partial charge in [-0.2, -0.15) is 0 Å². The standard InChI is InChI=1S/C26H26ClN3O3/c1-4-22(29(16-17(2)3)26(32)23-13-8-14-33-23)24-28-21-12-6-5-11-20(21)25(31)30(24)19-10-7-9-18(27)15-19/h5-15,17,22H,4,16H2,1-3H3. The van der Waals surface area contributed by atoms with E-state index in [4.69, 9.17) is 21.0 Å². The Kier molecular flexibility index (Phi) is 6.65. The molecule has 0 bridgehead atoms. The summed E-state index contributed by atoms with van der Waals surface area (Å²) in [5, 5.41) is 1.01. The van der Waals surface area contributed by atoms with E-state index in [0.717, 1.165) is 0 Å². The molecule has 2 aromatic heterocycles. The van der Waals surface area contributed by atoms with Crippen molar-refractivity contribution in [1.29, 1.82) is 0 Å². The van der Waals surface area contributed by atoms with E-state index < -0.39 is 6.04 Å². The van der Waals surface area contributed by atoms with Crippen molar-refractivity contribution >= 4 is 28.4 Å². The molecule has 2 aromatic carbocycles. The lowest BCUT2D eigenvalue weighted by molar-refractivity contribution is 0.0598. The number of furan rings is 1. The smallest absolute Gasteiger partial charge is 0.290 e. The number of benzene rings is 2. The van der Waals surface area contributed by atoms with Gasteiger partial charge < -0.3 is 9.32 Å². The van der Waals surface area contributed by atoms with E-state index in [1.807, 2.05) is 45.0 Å². The average Bonchev–Trinajstić information content (AvgIpc) is 3.33. The normalized spacial score (nSPS) is 12.3. The monoisotopic (exact) mass is 463 g/mol. The molecular weight excluding hydrogens is 438 g/mol. The summed E-state index contributed by atoms with van der Waals surface area (Å²) in [6.45, 7) is 6.56. The number of carbonyl (C=O) groups is 1. The molecule has 2 heterocycles. The minimum atomic E-state index is -0.457. The molecule has 1 unspecified atom stereocenters. The minimum Gasteiger partial charge on any atom is -0.459 e. The quantitative estimate of drug-likeness (QED) is 0.343. The maximum absolute atomic E-state index is 13.7. The van der Waals surface area contributed by atoms with Crippen LogP contribution in [0, 0.1) is 5.92 Å². The van der Waals surface area contributed by atoms with Crippen molar-refractivity contribution < 1.29 is 9.21 Å². The van der Waals surface area contributed by atoms with Crippen molar-refractivity contribution in [3.63, 3.8) is 0 Å². The van der Waals surface area contributed by atoms with Gasteiger partial charge in [0.15, 0.2) is 5.76 Å². The zero-order chi connectivity index (χ0) is 23.5. The molecule has 4 rings (SSSR count). The van der Waals surface area contributed by atoms with Crippen LogP contribution < -0.4 is 5.56 Å². The van der Waals surface area contributed by atoms with Gasteiger partial charge in [-0.15, -0.1) is 0 Å². The number of rotatable bonds is 7. The Balaban J connectivity index is 1.97. The van der Waals surface area contributed by atoms with Crippen LogP contribution in [-0.4, -0.2) is 26.9 Å². The summed E-state index contributed by atoms with van der Waals surface area (Å²) in [6, 6.07) is 17.2. The molecule has 6 nitrogen and oxygen atoms in total. The highest BCUT2D eigenvalue weighted by molar-refractivity contribution is 6.30. The second-order valence-corrected chi connectivity index (χ2v) is 8.80. The average molecular weight is 464 g/mol. The molecule has 0 aliphatic carbocycles.